The largest absolute Gasteiger partial charge is 0.496 e. The highest BCUT2D eigenvalue weighted by Crippen LogP contribution is 2.30. The van der Waals surface area contributed by atoms with Crippen LogP contribution in [0.5, 0.6) is 11.5 Å². The highest BCUT2D eigenvalue weighted by atomic mass is 16.5. The van der Waals surface area contributed by atoms with Gasteiger partial charge in [-0.25, -0.2) is 0 Å². The van der Waals surface area contributed by atoms with Gasteiger partial charge in [0.25, 0.3) is 5.91 Å². The number of ether oxygens (including phenoxy) is 2. The van der Waals surface area contributed by atoms with Gasteiger partial charge in [0.05, 0.1) is 14.2 Å². The van der Waals surface area contributed by atoms with Crippen LogP contribution in [0, 0.1) is 6.92 Å². The first-order chi connectivity index (χ1) is 10.6. The summed E-state index contributed by atoms with van der Waals surface area (Å²) in [5.41, 5.74) is 1.55. The fourth-order valence-electron chi connectivity index (χ4n) is 3.52. The summed E-state index contributed by atoms with van der Waals surface area (Å²) < 4.78 is 10.8. The number of hydrogen-bond acceptors (Lipinski definition) is 4. The Balaban J connectivity index is 1.85. The van der Waals surface area contributed by atoms with Gasteiger partial charge in [0, 0.05) is 36.3 Å². The van der Waals surface area contributed by atoms with Crippen molar-refractivity contribution in [3.63, 3.8) is 0 Å². The molecule has 5 nitrogen and oxygen atoms in total. The number of hydrogen-bond donors (Lipinski definition) is 1. The predicted molar refractivity (Wildman–Crippen MR) is 84.7 cm³/mol. The molecule has 2 aliphatic heterocycles. The lowest BCUT2D eigenvalue weighted by Crippen LogP contribution is -2.39. The molecule has 22 heavy (non-hydrogen) atoms. The van der Waals surface area contributed by atoms with Crippen molar-refractivity contribution < 1.29 is 14.3 Å². The number of carbonyl (C=O) groups excluding carboxylic acids is 1. The average molecular weight is 304 g/mol. The van der Waals surface area contributed by atoms with E-state index in [0.717, 1.165) is 31.5 Å². The minimum absolute atomic E-state index is 0.0611. The van der Waals surface area contributed by atoms with Crippen molar-refractivity contribution in [2.24, 2.45) is 0 Å². The Hall–Kier alpha value is -1.75. The number of likely N-dealkylation sites (tertiary alicyclic amines) is 1. The topological polar surface area (TPSA) is 50.8 Å². The van der Waals surface area contributed by atoms with Crippen molar-refractivity contribution in [3.8, 4) is 11.5 Å². The maximum atomic E-state index is 12.9. The van der Waals surface area contributed by atoms with Crippen LogP contribution in [0.3, 0.4) is 0 Å². The van der Waals surface area contributed by atoms with E-state index in [1.54, 1.807) is 14.2 Å². The highest BCUT2D eigenvalue weighted by molar-refractivity contribution is 5.95. The number of carbonyl (C=O) groups is 1. The van der Waals surface area contributed by atoms with E-state index in [9.17, 15) is 4.79 Å². The van der Waals surface area contributed by atoms with Gasteiger partial charge in [0.15, 0.2) is 0 Å². The van der Waals surface area contributed by atoms with Gasteiger partial charge in [-0.1, -0.05) is 0 Å². The molecule has 5 heteroatoms. The van der Waals surface area contributed by atoms with Gasteiger partial charge >= 0.3 is 0 Å². The lowest BCUT2D eigenvalue weighted by Gasteiger charge is -2.25. The third-order valence-corrected chi connectivity index (χ3v) is 4.81. The Bertz CT molecular complexity index is 548. The normalized spacial score (nSPS) is 24.0. The molecule has 2 aliphatic rings. The Morgan fingerprint density at radius 3 is 2.41 bits per heavy atom. The zero-order chi connectivity index (χ0) is 15.7. The van der Waals surface area contributed by atoms with Gasteiger partial charge in [-0.3, -0.25) is 4.79 Å². The van der Waals surface area contributed by atoms with Crippen LogP contribution in [0.1, 0.15) is 35.2 Å². The maximum absolute atomic E-state index is 12.9. The van der Waals surface area contributed by atoms with Crippen molar-refractivity contribution in [2.45, 2.75) is 38.3 Å². The Morgan fingerprint density at radius 2 is 1.77 bits per heavy atom. The van der Waals surface area contributed by atoms with Gasteiger partial charge < -0.3 is 19.7 Å². The lowest BCUT2D eigenvalue weighted by atomic mass is 10.1. The Morgan fingerprint density at radius 1 is 1.14 bits per heavy atom. The monoisotopic (exact) mass is 304 g/mol. The zero-order valence-electron chi connectivity index (χ0n) is 13.5. The molecule has 1 N–H and O–H groups in total. The molecule has 1 aromatic rings. The van der Waals surface area contributed by atoms with E-state index >= 15 is 0 Å². The molecule has 0 saturated carbocycles. The first-order valence-corrected chi connectivity index (χ1v) is 7.90. The van der Waals surface area contributed by atoms with E-state index < -0.39 is 0 Å². The number of nitrogens with one attached hydrogen (secondary N) is 1. The third kappa shape index (κ3) is 2.77. The van der Waals surface area contributed by atoms with E-state index in [0.29, 0.717) is 29.1 Å². The standard InChI is InChI=1S/C17H24N2O3/c1-11-15(21-2)8-12(9-16(11)22-3)17(20)19-7-6-13-4-5-14(10-19)18-13/h8-9,13-14,18H,4-7,10H2,1-3H3. The van der Waals surface area contributed by atoms with E-state index in [4.69, 9.17) is 9.47 Å². The van der Waals surface area contributed by atoms with E-state index in [1.165, 1.54) is 6.42 Å². The predicted octanol–water partition coefficient (Wildman–Crippen LogP) is 1.98. The molecule has 120 valence electrons. The molecule has 2 bridgehead atoms. The second kappa shape index (κ2) is 6.16. The van der Waals surface area contributed by atoms with Crippen molar-refractivity contribution in [2.75, 3.05) is 27.3 Å². The first-order valence-electron chi connectivity index (χ1n) is 7.90. The fraction of sp³-hybridized carbons (Fsp3) is 0.588. The van der Waals surface area contributed by atoms with Gasteiger partial charge in [0.1, 0.15) is 11.5 Å². The summed E-state index contributed by atoms with van der Waals surface area (Å²) >= 11 is 0. The SMILES string of the molecule is COc1cc(C(=O)N2CCC3CCC(C2)N3)cc(OC)c1C. The van der Waals surface area contributed by atoms with Crippen LogP contribution in [0.25, 0.3) is 0 Å². The van der Waals surface area contributed by atoms with Crippen molar-refractivity contribution in [3.05, 3.63) is 23.3 Å². The van der Waals surface area contributed by atoms with Crippen LogP contribution in [-0.2, 0) is 0 Å². The quantitative estimate of drug-likeness (QED) is 0.928. The molecule has 0 aliphatic carbocycles. The second-order valence-electron chi connectivity index (χ2n) is 6.18. The number of fused-ring (bicyclic) bond motifs is 2. The number of rotatable bonds is 3. The third-order valence-electron chi connectivity index (χ3n) is 4.81. The molecule has 0 spiro atoms. The van der Waals surface area contributed by atoms with Crippen molar-refractivity contribution >= 4 is 5.91 Å². The molecule has 2 atom stereocenters. The number of methoxy groups -OCH3 is 2. The van der Waals surface area contributed by atoms with E-state index in [2.05, 4.69) is 5.32 Å². The molecule has 2 heterocycles. The van der Waals surface area contributed by atoms with Crippen LogP contribution in [0.2, 0.25) is 0 Å². The smallest absolute Gasteiger partial charge is 0.254 e. The van der Waals surface area contributed by atoms with Gasteiger partial charge in [0.2, 0.25) is 0 Å². The molecule has 3 rings (SSSR count). The maximum Gasteiger partial charge on any atom is 0.254 e. The van der Waals surface area contributed by atoms with Crippen LogP contribution < -0.4 is 14.8 Å². The molecule has 2 unspecified atom stereocenters. The summed E-state index contributed by atoms with van der Waals surface area (Å²) in [6, 6.07) is 4.64. The summed E-state index contributed by atoms with van der Waals surface area (Å²) in [6.07, 6.45) is 3.43. The molecule has 2 saturated heterocycles. The first kappa shape index (κ1) is 15.2. The summed E-state index contributed by atoms with van der Waals surface area (Å²) in [5.74, 6) is 1.44. The summed E-state index contributed by atoms with van der Waals surface area (Å²) in [7, 11) is 3.23. The molecule has 0 aromatic heterocycles. The Labute approximate surface area is 131 Å². The van der Waals surface area contributed by atoms with E-state index in [1.807, 2.05) is 24.0 Å². The fourth-order valence-corrected chi connectivity index (χ4v) is 3.52. The van der Waals surface area contributed by atoms with Crippen LogP contribution in [0.15, 0.2) is 12.1 Å². The summed E-state index contributed by atoms with van der Waals surface area (Å²) in [4.78, 5) is 14.8. The second-order valence-corrected chi connectivity index (χ2v) is 6.18. The van der Waals surface area contributed by atoms with Gasteiger partial charge in [-0.15, -0.1) is 0 Å². The number of benzene rings is 1. The molecular formula is C17H24N2O3. The Kier molecular flexibility index (Phi) is 4.25. The minimum atomic E-state index is 0.0611. The summed E-state index contributed by atoms with van der Waals surface area (Å²) in [6.45, 7) is 3.53. The number of nitrogens with zero attached hydrogens (tertiary/aromatic N) is 1. The minimum Gasteiger partial charge on any atom is -0.496 e. The van der Waals surface area contributed by atoms with Crippen LogP contribution >= 0.6 is 0 Å². The molecule has 1 amide bonds. The molecule has 1 aromatic carbocycles. The molecule has 2 fully saturated rings. The van der Waals surface area contributed by atoms with Gasteiger partial charge in [-0.05, 0) is 38.3 Å². The average Bonchev–Trinajstić information content (AvgIpc) is 2.86. The van der Waals surface area contributed by atoms with E-state index in [-0.39, 0.29) is 5.91 Å². The highest BCUT2D eigenvalue weighted by Gasteiger charge is 2.31. The van der Waals surface area contributed by atoms with Crippen molar-refractivity contribution in [1.82, 2.24) is 10.2 Å². The number of amides is 1. The lowest BCUT2D eigenvalue weighted by molar-refractivity contribution is 0.0747. The van der Waals surface area contributed by atoms with Crippen LogP contribution in [-0.4, -0.2) is 50.2 Å². The van der Waals surface area contributed by atoms with Gasteiger partial charge in [-0.2, -0.15) is 0 Å². The molecular weight excluding hydrogens is 280 g/mol. The zero-order valence-corrected chi connectivity index (χ0v) is 13.5. The summed E-state index contributed by atoms with van der Waals surface area (Å²) in [5, 5.41) is 3.60. The molecule has 0 radical (unpaired) electrons. The van der Waals surface area contributed by atoms with Crippen molar-refractivity contribution in [1.29, 1.82) is 0 Å². The van der Waals surface area contributed by atoms with Crippen LogP contribution in [0.4, 0.5) is 0 Å².